The molecule has 1 heterocycles. The van der Waals surface area contributed by atoms with E-state index in [1.54, 1.807) is 30.3 Å². The van der Waals surface area contributed by atoms with E-state index in [0.29, 0.717) is 11.6 Å². The lowest BCUT2D eigenvalue weighted by Crippen LogP contribution is -2.13. The van der Waals surface area contributed by atoms with E-state index < -0.39 is 10.0 Å². The Kier molecular flexibility index (Phi) is 4.95. The van der Waals surface area contributed by atoms with Gasteiger partial charge >= 0.3 is 0 Å². The van der Waals surface area contributed by atoms with Gasteiger partial charge in [0.05, 0.1) is 16.8 Å². The van der Waals surface area contributed by atoms with Crippen LogP contribution in [-0.4, -0.2) is 13.4 Å². The summed E-state index contributed by atoms with van der Waals surface area (Å²) in [5.41, 5.74) is 3.35. The molecule has 0 fully saturated rings. The Labute approximate surface area is 153 Å². The summed E-state index contributed by atoms with van der Waals surface area (Å²) in [5, 5.41) is 0. The van der Waals surface area contributed by atoms with Crippen molar-refractivity contribution in [3.63, 3.8) is 0 Å². The van der Waals surface area contributed by atoms with E-state index >= 15 is 0 Å². The maximum Gasteiger partial charge on any atom is 0.261 e. The van der Waals surface area contributed by atoms with Crippen LogP contribution in [-0.2, 0) is 10.0 Å². The lowest BCUT2D eigenvalue weighted by Gasteiger charge is -2.11. The molecule has 3 rings (SSSR count). The maximum atomic E-state index is 12.4. The van der Waals surface area contributed by atoms with Crippen LogP contribution in [0.25, 0.3) is 0 Å². The fraction of sp³-hybridized carbons (Fsp3) is 0.150. The molecule has 0 spiro atoms. The Morgan fingerprint density at radius 1 is 0.923 bits per heavy atom. The highest BCUT2D eigenvalue weighted by atomic mass is 32.2. The van der Waals surface area contributed by atoms with Crippen molar-refractivity contribution in [2.75, 3.05) is 4.72 Å². The summed E-state index contributed by atoms with van der Waals surface area (Å²) >= 11 is 0. The maximum absolute atomic E-state index is 12.4. The Bertz CT molecular complexity index is 1030. The Morgan fingerprint density at radius 2 is 1.69 bits per heavy atom. The minimum atomic E-state index is -3.65. The third kappa shape index (κ3) is 4.21. The van der Waals surface area contributed by atoms with Crippen LogP contribution in [0.3, 0.4) is 0 Å². The van der Waals surface area contributed by atoms with Crippen LogP contribution in [0.15, 0.2) is 65.7 Å². The molecule has 3 aromatic rings. The molecular weight excluding hydrogens is 348 g/mol. The minimum Gasteiger partial charge on any atom is -0.439 e. The van der Waals surface area contributed by atoms with Gasteiger partial charge in [-0.3, -0.25) is 4.72 Å². The number of nitrogens with one attached hydrogen (secondary N) is 1. The molecule has 0 aliphatic heterocycles. The predicted molar refractivity (Wildman–Crippen MR) is 102 cm³/mol. The number of rotatable bonds is 5. The van der Waals surface area contributed by atoms with Crippen LogP contribution in [0.1, 0.15) is 16.7 Å². The molecule has 134 valence electrons. The summed E-state index contributed by atoms with van der Waals surface area (Å²) in [4.78, 5) is 4.41. The predicted octanol–water partition coefficient (Wildman–Crippen LogP) is 4.60. The number of hydrogen-bond acceptors (Lipinski definition) is 4. The van der Waals surface area contributed by atoms with E-state index in [9.17, 15) is 8.42 Å². The number of benzene rings is 2. The number of anilines is 1. The molecule has 0 radical (unpaired) electrons. The normalized spacial score (nSPS) is 11.2. The number of nitrogens with zero attached hydrogens (tertiary/aromatic N) is 1. The number of sulfonamides is 1. The summed E-state index contributed by atoms with van der Waals surface area (Å²) in [5.74, 6) is 1.13. The summed E-state index contributed by atoms with van der Waals surface area (Å²) in [6.07, 6.45) is 1.44. The van der Waals surface area contributed by atoms with Gasteiger partial charge in [-0.2, -0.15) is 0 Å². The highest BCUT2D eigenvalue weighted by molar-refractivity contribution is 7.92. The topological polar surface area (TPSA) is 68.3 Å². The van der Waals surface area contributed by atoms with Crippen molar-refractivity contribution in [3.05, 3.63) is 77.5 Å². The van der Waals surface area contributed by atoms with Crippen LogP contribution in [0.2, 0.25) is 0 Å². The van der Waals surface area contributed by atoms with Gasteiger partial charge in [-0.05, 0) is 61.7 Å². The van der Waals surface area contributed by atoms with Crippen molar-refractivity contribution in [1.82, 2.24) is 4.98 Å². The van der Waals surface area contributed by atoms with Gasteiger partial charge in [-0.1, -0.05) is 24.3 Å². The number of aromatic nitrogens is 1. The van der Waals surface area contributed by atoms with Gasteiger partial charge in [0.25, 0.3) is 10.0 Å². The summed E-state index contributed by atoms with van der Waals surface area (Å²) in [6.45, 7) is 5.79. The summed E-state index contributed by atoms with van der Waals surface area (Å²) in [7, 11) is -3.65. The zero-order chi connectivity index (χ0) is 18.7. The number of hydrogen-bond donors (Lipinski definition) is 1. The zero-order valence-electron chi connectivity index (χ0n) is 14.9. The van der Waals surface area contributed by atoms with Gasteiger partial charge in [0.1, 0.15) is 5.75 Å². The molecule has 0 atom stereocenters. The first-order valence-corrected chi connectivity index (χ1v) is 9.62. The molecule has 0 saturated heterocycles. The molecule has 5 nitrogen and oxygen atoms in total. The number of aryl methyl sites for hydroxylation is 3. The first-order valence-electron chi connectivity index (χ1n) is 8.14. The van der Waals surface area contributed by atoms with Gasteiger partial charge < -0.3 is 4.74 Å². The van der Waals surface area contributed by atoms with Crippen LogP contribution >= 0.6 is 0 Å². The Hall–Kier alpha value is -2.86. The van der Waals surface area contributed by atoms with Crippen molar-refractivity contribution in [2.45, 2.75) is 25.7 Å². The molecule has 0 aliphatic carbocycles. The molecule has 0 bridgehead atoms. The quantitative estimate of drug-likeness (QED) is 0.715. The molecule has 2 aromatic carbocycles. The third-order valence-electron chi connectivity index (χ3n) is 3.85. The van der Waals surface area contributed by atoms with E-state index in [1.807, 2.05) is 45.0 Å². The molecule has 0 aliphatic rings. The standard InChI is InChI=1S/C20H20N2O3S/c1-14-5-4-6-18(11-14)26(23,24)22-17-9-10-20(21-13-17)25-19-12-15(2)7-8-16(19)3/h4-13,22H,1-3H3. The third-order valence-corrected chi connectivity index (χ3v) is 5.23. The highest BCUT2D eigenvalue weighted by Crippen LogP contribution is 2.25. The number of pyridine rings is 1. The van der Waals surface area contributed by atoms with Crippen molar-refractivity contribution < 1.29 is 13.2 Å². The van der Waals surface area contributed by atoms with Crippen molar-refractivity contribution in [1.29, 1.82) is 0 Å². The summed E-state index contributed by atoms with van der Waals surface area (Å²) in [6, 6.07) is 15.9. The molecular formula is C20H20N2O3S. The second-order valence-electron chi connectivity index (χ2n) is 6.18. The first-order chi connectivity index (χ1) is 12.3. The van der Waals surface area contributed by atoms with Gasteiger partial charge in [-0.15, -0.1) is 0 Å². The first kappa shape index (κ1) is 17.9. The van der Waals surface area contributed by atoms with E-state index in [4.69, 9.17) is 4.74 Å². The smallest absolute Gasteiger partial charge is 0.261 e. The molecule has 6 heteroatoms. The van der Waals surface area contributed by atoms with E-state index in [2.05, 4.69) is 9.71 Å². The fourth-order valence-corrected chi connectivity index (χ4v) is 3.58. The molecule has 1 aromatic heterocycles. The average molecular weight is 368 g/mol. The van der Waals surface area contributed by atoms with Gasteiger partial charge in [0.2, 0.25) is 5.88 Å². The zero-order valence-corrected chi connectivity index (χ0v) is 15.7. The molecule has 0 saturated carbocycles. The molecule has 1 N–H and O–H groups in total. The van der Waals surface area contributed by atoms with E-state index in [-0.39, 0.29) is 4.90 Å². The molecule has 0 unspecified atom stereocenters. The summed E-state index contributed by atoms with van der Waals surface area (Å²) < 4.78 is 33.2. The largest absolute Gasteiger partial charge is 0.439 e. The average Bonchev–Trinajstić information content (AvgIpc) is 2.60. The van der Waals surface area contributed by atoms with Crippen molar-refractivity contribution in [2.24, 2.45) is 0 Å². The van der Waals surface area contributed by atoms with Crippen LogP contribution in [0, 0.1) is 20.8 Å². The van der Waals surface area contributed by atoms with Crippen LogP contribution < -0.4 is 9.46 Å². The SMILES string of the molecule is Cc1cccc(S(=O)(=O)Nc2ccc(Oc3cc(C)ccc3C)nc2)c1. The lowest BCUT2D eigenvalue weighted by atomic mass is 10.1. The van der Waals surface area contributed by atoms with E-state index in [1.165, 1.54) is 6.20 Å². The fourth-order valence-electron chi connectivity index (χ4n) is 2.43. The second-order valence-corrected chi connectivity index (χ2v) is 7.86. The molecule has 26 heavy (non-hydrogen) atoms. The Balaban J connectivity index is 1.76. The minimum absolute atomic E-state index is 0.216. The Morgan fingerprint density at radius 3 is 2.38 bits per heavy atom. The van der Waals surface area contributed by atoms with Crippen LogP contribution in [0.4, 0.5) is 5.69 Å². The van der Waals surface area contributed by atoms with Gasteiger partial charge in [-0.25, -0.2) is 13.4 Å². The van der Waals surface area contributed by atoms with Crippen LogP contribution in [0.5, 0.6) is 11.6 Å². The van der Waals surface area contributed by atoms with Gasteiger partial charge in [0, 0.05) is 6.07 Å². The van der Waals surface area contributed by atoms with Crippen molar-refractivity contribution in [3.8, 4) is 11.6 Å². The number of ether oxygens (including phenoxy) is 1. The monoisotopic (exact) mass is 368 g/mol. The second kappa shape index (κ2) is 7.17. The van der Waals surface area contributed by atoms with Crippen molar-refractivity contribution >= 4 is 15.7 Å². The van der Waals surface area contributed by atoms with Gasteiger partial charge in [0.15, 0.2) is 0 Å². The highest BCUT2D eigenvalue weighted by Gasteiger charge is 2.14. The van der Waals surface area contributed by atoms with E-state index in [0.717, 1.165) is 22.4 Å². The lowest BCUT2D eigenvalue weighted by molar-refractivity contribution is 0.459. The molecule has 0 amide bonds.